The summed E-state index contributed by atoms with van der Waals surface area (Å²) in [5.74, 6) is 0.910. The third-order valence-corrected chi connectivity index (χ3v) is 4.16. The minimum atomic E-state index is -0.347. The van der Waals surface area contributed by atoms with E-state index in [0.717, 1.165) is 11.3 Å². The van der Waals surface area contributed by atoms with Crippen molar-refractivity contribution in [3.63, 3.8) is 0 Å². The van der Waals surface area contributed by atoms with Crippen LogP contribution in [0, 0.1) is 6.92 Å². The van der Waals surface area contributed by atoms with Gasteiger partial charge in [0, 0.05) is 13.1 Å². The lowest BCUT2D eigenvalue weighted by Gasteiger charge is -2.26. The molecule has 0 atom stereocenters. The molecule has 3 rings (SSSR count). The molecule has 2 heterocycles. The van der Waals surface area contributed by atoms with Crippen molar-refractivity contribution in [1.29, 1.82) is 0 Å². The topological polar surface area (TPSA) is 76.6 Å². The lowest BCUT2D eigenvalue weighted by atomic mass is 10.2. The highest BCUT2D eigenvalue weighted by atomic mass is 35.5. The second-order valence-electron chi connectivity index (χ2n) is 5.89. The number of carbonyl (C=O) groups excluding carboxylic acids is 1. The smallest absolute Gasteiger partial charge is 0.271 e. The molecule has 1 N–H and O–H groups in total. The number of anilines is 1. The Labute approximate surface area is 157 Å². The van der Waals surface area contributed by atoms with Crippen LogP contribution in [0.1, 0.15) is 16.1 Å². The largest absolute Gasteiger partial charge is 0.492 e. The molecule has 1 amide bonds. The quantitative estimate of drug-likeness (QED) is 0.778. The van der Waals surface area contributed by atoms with Gasteiger partial charge in [-0.15, -0.1) is 0 Å². The number of amides is 1. The molecule has 0 saturated carbocycles. The van der Waals surface area contributed by atoms with Gasteiger partial charge in [-0.1, -0.05) is 23.7 Å². The van der Waals surface area contributed by atoms with Crippen molar-refractivity contribution in [3.8, 4) is 5.75 Å². The Bertz CT molecular complexity index is 766. The number of ether oxygens (including phenoxy) is 2. The number of morpholine rings is 1. The highest BCUT2D eigenvalue weighted by Gasteiger charge is 2.18. The minimum Gasteiger partial charge on any atom is -0.492 e. The van der Waals surface area contributed by atoms with Crippen molar-refractivity contribution in [1.82, 2.24) is 15.3 Å². The Morgan fingerprint density at radius 1 is 1.38 bits per heavy atom. The number of nitrogens with one attached hydrogen (secondary N) is 1. The molecule has 26 heavy (non-hydrogen) atoms. The van der Waals surface area contributed by atoms with E-state index in [1.807, 2.05) is 36.1 Å². The fourth-order valence-corrected chi connectivity index (χ4v) is 2.73. The average molecular weight is 377 g/mol. The van der Waals surface area contributed by atoms with Crippen LogP contribution in [0.2, 0.25) is 5.02 Å². The number of carbonyl (C=O) groups is 1. The molecule has 0 spiro atoms. The van der Waals surface area contributed by atoms with Crippen LogP contribution in [0.3, 0.4) is 0 Å². The summed E-state index contributed by atoms with van der Waals surface area (Å²) in [4.78, 5) is 22.9. The maximum atomic E-state index is 12.4. The van der Waals surface area contributed by atoms with E-state index in [-0.39, 0.29) is 16.6 Å². The van der Waals surface area contributed by atoms with Gasteiger partial charge in [-0.3, -0.25) is 4.79 Å². The van der Waals surface area contributed by atoms with Crippen molar-refractivity contribution in [2.75, 3.05) is 44.4 Å². The maximum absolute atomic E-state index is 12.4. The van der Waals surface area contributed by atoms with Crippen LogP contribution in [0.5, 0.6) is 5.75 Å². The Balaban J connectivity index is 1.55. The first kappa shape index (κ1) is 18.4. The molecule has 1 aromatic carbocycles. The standard InChI is InChI=1S/C18H21ClN4O3/c1-13-3-2-4-14(11-13)26-8-5-20-17(24)16-15(19)12-21-18(22-16)23-6-9-25-10-7-23/h2-4,11-12H,5-10H2,1H3,(H,20,24). The second-order valence-corrected chi connectivity index (χ2v) is 6.29. The van der Waals surface area contributed by atoms with Gasteiger partial charge in [-0.25, -0.2) is 9.97 Å². The molecule has 1 aromatic heterocycles. The van der Waals surface area contributed by atoms with Gasteiger partial charge in [0.15, 0.2) is 5.69 Å². The summed E-state index contributed by atoms with van der Waals surface area (Å²) in [6, 6.07) is 7.75. The predicted molar refractivity (Wildman–Crippen MR) is 99.1 cm³/mol. The summed E-state index contributed by atoms with van der Waals surface area (Å²) < 4.78 is 10.9. The zero-order valence-electron chi connectivity index (χ0n) is 14.6. The zero-order chi connectivity index (χ0) is 18.4. The molecule has 2 aromatic rings. The number of hydrogen-bond acceptors (Lipinski definition) is 6. The van der Waals surface area contributed by atoms with E-state index in [2.05, 4.69) is 15.3 Å². The summed E-state index contributed by atoms with van der Waals surface area (Å²) in [6.07, 6.45) is 1.46. The fourth-order valence-electron chi connectivity index (χ4n) is 2.56. The van der Waals surface area contributed by atoms with Gasteiger partial charge in [0.05, 0.1) is 31.0 Å². The molecular weight excluding hydrogens is 356 g/mol. The predicted octanol–water partition coefficient (Wildman–Crippen LogP) is 2.08. The van der Waals surface area contributed by atoms with Crippen molar-refractivity contribution in [3.05, 3.63) is 46.7 Å². The number of benzene rings is 1. The van der Waals surface area contributed by atoms with Crippen molar-refractivity contribution in [2.24, 2.45) is 0 Å². The first-order chi connectivity index (χ1) is 12.6. The molecular formula is C18H21ClN4O3. The van der Waals surface area contributed by atoms with E-state index in [9.17, 15) is 4.79 Å². The van der Waals surface area contributed by atoms with E-state index in [1.165, 1.54) is 6.20 Å². The molecule has 138 valence electrons. The van der Waals surface area contributed by atoms with Gasteiger partial charge in [-0.2, -0.15) is 0 Å². The van der Waals surface area contributed by atoms with Crippen LogP contribution < -0.4 is 15.0 Å². The molecule has 1 aliphatic heterocycles. The van der Waals surface area contributed by atoms with Gasteiger partial charge in [0.25, 0.3) is 5.91 Å². The second kappa shape index (κ2) is 8.82. The Hall–Kier alpha value is -2.38. The Morgan fingerprint density at radius 2 is 2.19 bits per heavy atom. The first-order valence-electron chi connectivity index (χ1n) is 8.46. The molecule has 8 heteroatoms. The lowest BCUT2D eigenvalue weighted by molar-refractivity contribution is 0.0942. The molecule has 1 saturated heterocycles. The third kappa shape index (κ3) is 4.83. The van der Waals surface area contributed by atoms with Crippen LogP contribution in [-0.4, -0.2) is 55.3 Å². The molecule has 7 nitrogen and oxygen atoms in total. The highest BCUT2D eigenvalue weighted by molar-refractivity contribution is 6.33. The average Bonchev–Trinajstić information content (AvgIpc) is 2.66. The van der Waals surface area contributed by atoms with Crippen molar-refractivity contribution in [2.45, 2.75) is 6.92 Å². The molecule has 0 aliphatic carbocycles. The van der Waals surface area contributed by atoms with Gasteiger partial charge in [0.2, 0.25) is 5.95 Å². The zero-order valence-corrected chi connectivity index (χ0v) is 15.3. The fraction of sp³-hybridized carbons (Fsp3) is 0.389. The normalized spacial score (nSPS) is 14.2. The van der Waals surface area contributed by atoms with Crippen LogP contribution in [0.25, 0.3) is 0 Å². The monoisotopic (exact) mass is 376 g/mol. The van der Waals surface area contributed by atoms with Crippen LogP contribution in [0.4, 0.5) is 5.95 Å². The van der Waals surface area contributed by atoms with Crippen molar-refractivity contribution >= 4 is 23.5 Å². The summed E-state index contributed by atoms with van der Waals surface area (Å²) in [7, 11) is 0. The van der Waals surface area contributed by atoms with Crippen LogP contribution in [0.15, 0.2) is 30.5 Å². The maximum Gasteiger partial charge on any atom is 0.271 e. The summed E-state index contributed by atoms with van der Waals surface area (Å²) in [5.41, 5.74) is 1.29. The SMILES string of the molecule is Cc1cccc(OCCNC(=O)c2nc(N3CCOCC3)ncc2Cl)c1. The van der Waals surface area contributed by atoms with E-state index < -0.39 is 0 Å². The molecule has 1 aliphatic rings. The number of aryl methyl sites for hydroxylation is 1. The van der Waals surface area contributed by atoms with E-state index in [0.29, 0.717) is 45.4 Å². The molecule has 0 unspecified atom stereocenters. The summed E-state index contributed by atoms with van der Waals surface area (Å²) in [6.45, 7) is 5.31. The van der Waals surface area contributed by atoms with Crippen LogP contribution in [-0.2, 0) is 4.74 Å². The highest BCUT2D eigenvalue weighted by Crippen LogP contribution is 2.17. The van der Waals surface area contributed by atoms with Crippen LogP contribution >= 0.6 is 11.6 Å². The van der Waals surface area contributed by atoms with E-state index in [1.54, 1.807) is 0 Å². The third-order valence-electron chi connectivity index (χ3n) is 3.89. The Morgan fingerprint density at radius 3 is 2.96 bits per heavy atom. The van der Waals surface area contributed by atoms with Gasteiger partial charge >= 0.3 is 0 Å². The number of hydrogen-bond donors (Lipinski definition) is 1. The van der Waals surface area contributed by atoms with E-state index >= 15 is 0 Å². The molecule has 1 fully saturated rings. The minimum absolute atomic E-state index is 0.165. The Kier molecular flexibility index (Phi) is 6.25. The number of nitrogens with zero attached hydrogens (tertiary/aromatic N) is 3. The molecule has 0 bridgehead atoms. The first-order valence-corrected chi connectivity index (χ1v) is 8.84. The van der Waals surface area contributed by atoms with Gasteiger partial charge in [0.1, 0.15) is 12.4 Å². The molecule has 0 radical (unpaired) electrons. The van der Waals surface area contributed by atoms with Gasteiger partial charge < -0.3 is 19.7 Å². The van der Waals surface area contributed by atoms with Gasteiger partial charge in [-0.05, 0) is 24.6 Å². The number of halogens is 1. The number of aromatic nitrogens is 2. The number of rotatable bonds is 6. The van der Waals surface area contributed by atoms with E-state index in [4.69, 9.17) is 21.1 Å². The van der Waals surface area contributed by atoms with Crippen molar-refractivity contribution < 1.29 is 14.3 Å². The summed E-state index contributed by atoms with van der Waals surface area (Å²) in [5, 5.41) is 2.99. The summed E-state index contributed by atoms with van der Waals surface area (Å²) >= 11 is 6.10. The lowest BCUT2D eigenvalue weighted by Crippen LogP contribution is -2.38.